The minimum atomic E-state index is -0.146. The third-order valence-corrected chi connectivity index (χ3v) is 7.04. The molecule has 0 atom stereocenters. The number of amides is 3. The minimum Gasteiger partial charge on any atom is -0.339 e. The van der Waals surface area contributed by atoms with E-state index in [-0.39, 0.29) is 24.5 Å². The molecule has 7 heteroatoms. The Labute approximate surface area is 211 Å². The van der Waals surface area contributed by atoms with Crippen molar-refractivity contribution in [3.63, 3.8) is 0 Å². The molecule has 2 aliphatic rings. The number of halogens is 1. The summed E-state index contributed by atoms with van der Waals surface area (Å²) in [7, 11) is 0. The molecule has 0 spiro atoms. The van der Waals surface area contributed by atoms with Gasteiger partial charge in [0.25, 0.3) is 0 Å². The Hall–Kier alpha value is -3.35. The van der Waals surface area contributed by atoms with Crippen LogP contribution in [0.25, 0.3) is 0 Å². The van der Waals surface area contributed by atoms with Gasteiger partial charge in [-0.25, -0.2) is 4.79 Å². The van der Waals surface area contributed by atoms with E-state index in [4.69, 9.17) is 11.6 Å². The van der Waals surface area contributed by atoms with Crippen molar-refractivity contribution in [2.75, 3.05) is 50.7 Å². The number of hydrogen-bond donors (Lipinski definition) is 0. The summed E-state index contributed by atoms with van der Waals surface area (Å²) < 4.78 is 0. The molecule has 0 N–H and O–H groups in total. The molecule has 0 unspecified atom stereocenters. The topological polar surface area (TPSA) is 47.1 Å². The first-order chi connectivity index (χ1) is 17.1. The summed E-state index contributed by atoms with van der Waals surface area (Å²) in [6.45, 7) is 4.05. The summed E-state index contributed by atoms with van der Waals surface area (Å²) in [5.74, 6) is 0.00177. The summed E-state index contributed by atoms with van der Waals surface area (Å²) in [6.07, 6.45) is 0. The molecule has 0 aromatic heterocycles. The molecule has 2 heterocycles. The van der Waals surface area contributed by atoms with Crippen LogP contribution in [0.15, 0.2) is 84.9 Å². The predicted octanol–water partition coefficient (Wildman–Crippen LogP) is 4.52. The van der Waals surface area contributed by atoms with E-state index in [0.29, 0.717) is 31.2 Å². The zero-order valence-electron chi connectivity index (χ0n) is 19.6. The van der Waals surface area contributed by atoms with E-state index in [0.717, 1.165) is 18.8 Å². The number of carbonyl (C=O) groups excluding carboxylic acids is 2. The Morgan fingerprint density at radius 2 is 1.40 bits per heavy atom. The van der Waals surface area contributed by atoms with Crippen LogP contribution in [0, 0.1) is 0 Å². The monoisotopic (exact) mass is 488 g/mol. The average molecular weight is 489 g/mol. The first kappa shape index (κ1) is 23.4. The summed E-state index contributed by atoms with van der Waals surface area (Å²) in [6, 6.07) is 28.3. The number of nitrogens with zero attached hydrogens (tertiary/aromatic N) is 4. The predicted molar refractivity (Wildman–Crippen MR) is 139 cm³/mol. The van der Waals surface area contributed by atoms with Gasteiger partial charge >= 0.3 is 6.03 Å². The molecule has 3 aromatic carbocycles. The Morgan fingerprint density at radius 3 is 2.00 bits per heavy atom. The minimum absolute atomic E-state index is 0.00177. The third kappa shape index (κ3) is 5.19. The van der Waals surface area contributed by atoms with Gasteiger partial charge in [-0.2, -0.15) is 0 Å². The molecular formula is C28H29ClN4O2. The van der Waals surface area contributed by atoms with E-state index in [1.54, 1.807) is 21.9 Å². The second kappa shape index (κ2) is 10.5. The van der Waals surface area contributed by atoms with Crippen LogP contribution in [0.2, 0.25) is 5.02 Å². The van der Waals surface area contributed by atoms with Crippen molar-refractivity contribution in [1.29, 1.82) is 0 Å². The highest BCUT2D eigenvalue weighted by Gasteiger charge is 2.33. The number of hydrogen-bond acceptors (Lipinski definition) is 3. The molecule has 180 valence electrons. The Kier molecular flexibility index (Phi) is 7.02. The van der Waals surface area contributed by atoms with Crippen LogP contribution in [-0.2, 0) is 4.79 Å². The van der Waals surface area contributed by atoms with Gasteiger partial charge in [-0.15, -0.1) is 0 Å². The molecule has 6 nitrogen and oxygen atoms in total. The van der Waals surface area contributed by atoms with Crippen LogP contribution in [0.3, 0.4) is 0 Å². The fourth-order valence-corrected chi connectivity index (χ4v) is 5.18. The average Bonchev–Trinajstić information content (AvgIpc) is 3.25. The normalized spacial score (nSPS) is 16.9. The van der Waals surface area contributed by atoms with Crippen LogP contribution in [-0.4, -0.2) is 72.5 Å². The highest BCUT2D eigenvalue weighted by atomic mass is 35.5. The fraction of sp³-hybridized carbons (Fsp3) is 0.286. The number of benzene rings is 3. The van der Waals surface area contributed by atoms with Crippen molar-refractivity contribution in [2.45, 2.75) is 6.04 Å². The Morgan fingerprint density at radius 1 is 0.771 bits per heavy atom. The maximum absolute atomic E-state index is 13.1. The van der Waals surface area contributed by atoms with E-state index < -0.39 is 0 Å². The van der Waals surface area contributed by atoms with Crippen molar-refractivity contribution in [2.24, 2.45) is 0 Å². The van der Waals surface area contributed by atoms with Crippen LogP contribution in [0.5, 0.6) is 0 Å². The Balaban J connectivity index is 1.21. The highest BCUT2D eigenvalue weighted by molar-refractivity contribution is 6.30. The lowest BCUT2D eigenvalue weighted by molar-refractivity contribution is -0.133. The molecule has 0 saturated carbocycles. The maximum Gasteiger partial charge on any atom is 0.325 e. The molecule has 2 fully saturated rings. The molecule has 0 bridgehead atoms. The number of rotatable bonds is 6. The molecule has 0 radical (unpaired) electrons. The maximum atomic E-state index is 13.1. The molecule has 0 aliphatic carbocycles. The first-order valence-electron chi connectivity index (χ1n) is 12.0. The van der Waals surface area contributed by atoms with Gasteiger partial charge < -0.3 is 9.80 Å². The third-order valence-electron chi connectivity index (χ3n) is 6.80. The second-order valence-electron chi connectivity index (χ2n) is 8.98. The standard InChI is InChI=1S/C28H29ClN4O2/c29-24-12-7-13-25(20-24)33-19-18-32(28(33)35)21-26(34)30-14-16-31(17-15-30)27(22-8-3-1-4-9-22)23-10-5-2-6-11-23/h1-13,20,27H,14-19,21H2. The molecule has 2 saturated heterocycles. The lowest BCUT2D eigenvalue weighted by Gasteiger charge is -2.40. The van der Waals surface area contributed by atoms with E-state index >= 15 is 0 Å². The van der Waals surface area contributed by atoms with Crippen LogP contribution in [0.1, 0.15) is 17.2 Å². The van der Waals surface area contributed by atoms with Gasteiger partial charge in [-0.05, 0) is 29.3 Å². The van der Waals surface area contributed by atoms with Crippen molar-refractivity contribution in [1.82, 2.24) is 14.7 Å². The zero-order chi connectivity index (χ0) is 24.2. The molecule has 3 aromatic rings. The fourth-order valence-electron chi connectivity index (χ4n) is 4.99. The van der Waals surface area contributed by atoms with E-state index in [2.05, 4.69) is 53.4 Å². The molecule has 2 aliphatic heterocycles. The number of urea groups is 1. The smallest absolute Gasteiger partial charge is 0.325 e. The lowest BCUT2D eigenvalue weighted by atomic mass is 9.96. The molecule has 3 amide bonds. The summed E-state index contributed by atoms with van der Waals surface area (Å²) in [4.78, 5) is 33.6. The molecule has 5 rings (SSSR count). The zero-order valence-corrected chi connectivity index (χ0v) is 20.3. The van der Waals surface area contributed by atoms with Crippen LogP contribution < -0.4 is 4.90 Å². The van der Waals surface area contributed by atoms with Gasteiger partial charge in [-0.1, -0.05) is 78.3 Å². The summed E-state index contributed by atoms with van der Waals surface area (Å²) in [5, 5.41) is 0.590. The van der Waals surface area contributed by atoms with E-state index in [9.17, 15) is 9.59 Å². The van der Waals surface area contributed by atoms with Crippen LogP contribution in [0.4, 0.5) is 10.5 Å². The number of anilines is 1. The summed E-state index contributed by atoms with van der Waals surface area (Å²) in [5.41, 5.74) is 3.27. The number of carbonyl (C=O) groups is 2. The van der Waals surface area contributed by atoms with Gasteiger partial charge in [0.15, 0.2) is 0 Å². The van der Waals surface area contributed by atoms with Crippen molar-refractivity contribution < 1.29 is 9.59 Å². The van der Waals surface area contributed by atoms with Crippen molar-refractivity contribution in [3.05, 3.63) is 101 Å². The van der Waals surface area contributed by atoms with Gasteiger partial charge in [0.2, 0.25) is 5.91 Å². The highest BCUT2D eigenvalue weighted by Crippen LogP contribution is 2.29. The second-order valence-corrected chi connectivity index (χ2v) is 9.41. The Bertz CT molecular complexity index is 1130. The van der Waals surface area contributed by atoms with Crippen molar-refractivity contribution >= 4 is 29.2 Å². The van der Waals surface area contributed by atoms with Gasteiger partial charge in [0.1, 0.15) is 6.54 Å². The van der Waals surface area contributed by atoms with Crippen molar-refractivity contribution in [3.8, 4) is 0 Å². The van der Waals surface area contributed by atoms with E-state index in [1.807, 2.05) is 29.2 Å². The summed E-state index contributed by atoms with van der Waals surface area (Å²) >= 11 is 6.09. The lowest BCUT2D eigenvalue weighted by Crippen LogP contribution is -2.52. The van der Waals surface area contributed by atoms with E-state index in [1.165, 1.54) is 11.1 Å². The van der Waals surface area contributed by atoms with Gasteiger partial charge in [-0.3, -0.25) is 14.6 Å². The first-order valence-corrected chi connectivity index (χ1v) is 12.4. The molecular weight excluding hydrogens is 460 g/mol. The van der Waals surface area contributed by atoms with Crippen LogP contribution >= 0.6 is 11.6 Å². The van der Waals surface area contributed by atoms with Gasteiger partial charge in [0, 0.05) is 50.0 Å². The quantitative estimate of drug-likeness (QED) is 0.512. The van der Waals surface area contributed by atoms with Gasteiger partial charge in [0.05, 0.1) is 6.04 Å². The SMILES string of the molecule is O=C(CN1CCN(c2cccc(Cl)c2)C1=O)N1CCN(C(c2ccccc2)c2ccccc2)CC1. The largest absolute Gasteiger partial charge is 0.339 e. The molecule has 35 heavy (non-hydrogen) atoms. The number of piperazine rings is 1.